The molecule has 0 aromatic carbocycles. The highest BCUT2D eigenvalue weighted by molar-refractivity contribution is 7.98. The van der Waals surface area contributed by atoms with Crippen molar-refractivity contribution in [3.63, 3.8) is 0 Å². The van der Waals surface area contributed by atoms with Gasteiger partial charge in [-0.05, 0) is 27.0 Å². The number of hydrogen-bond acceptors (Lipinski definition) is 2. The Hall–Kier alpha value is 0.0500. The fourth-order valence-electron chi connectivity index (χ4n) is 0.773. The Kier molecular flexibility index (Phi) is 6.77. The first kappa shape index (κ1) is 11.1. The molecule has 0 aromatic heterocycles. The van der Waals surface area contributed by atoms with E-state index < -0.39 is 0 Å². The minimum absolute atomic E-state index is 0.626. The molecule has 0 aliphatic heterocycles. The summed E-state index contributed by atoms with van der Waals surface area (Å²) in [5, 5.41) is 3.42. The summed E-state index contributed by atoms with van der Waals surface area (Å²) in [7, 11) is 0. The van der Waals surface area contributed by atoms with Crippen molar-refractivity contribution in [1.82, 2.24) is 5.32 Å². The maximum atomic E-state index is 3.42. The highest BCUT2D eigenvalue weighted by Gasteiger charge is 1.95. The molecule has 11 heavy (non-hydrogen) atoms. The van der Waals surface area contributed by atoms with Crippen LogP contribution in [0.15, 0.2) is 11.6 Å². The summed E-state index contributed by atoms with van der Waals surface area (Å²) in [4.78, 5) is 0. The number of allylic oxidation sites excluding steroid dienone is 1. The molecule has 0 radical (unpaired) electrons. The molecule has 0 aromatic rings. The van der Waals surface area contributed by atoms with E-state index in [4.69, 9.17) is 0 Å². The first-order chi connectivity index (χ1) is 5.16. The van der Waals surface area contributed by atoms with Gasteiger partial charge in [-0.3, -0.25) is 0 Å². The van der Waals surface area contributed by atoms with Crippen LogP contribution in [0, 0.1) is 0 Å². The Morgan fingerprint density at radius 3 is 2.64 bits per heavy atom. The van der Waals surface area contributed by atoms with Crippen molar-refractivity contribution in [2.24, 2.45) is 0 Å². The average molecular weight is 173 g/mol. The molecular formula is C9H19NS. The van der Waals surface area contributed by atoms with Crippen LogP contribution in [0.1, 0.15) is 20.8 Å². The zero-order chi connectivity index (χ0) is 8.69. The molecule has 1 nitrogen and oxygen atoms in total. The summed E-state index contributed by atoms with van der Waals surface area (Å²) in [6, 6.07) is 0.626. The van der Waals surface area contributed by atoms with Crippen LogP contribution in [0.3, 0.4) is 0 Å². The number of nitrogens with one attached hydrogen (secondary N) is 1. The minimum Gasteiger partial charge on any atom is -0.310 e. The summed E-state index contributed by atoms with van der Waals surface area (Å²) in [6.45, 7) is 7.47. The maximum Gasteiger partial charge on any atom is 0.0140 e. The molecule has 0 aliphatic carbocycles. The minimum atomic E-state index is 0.626. The van der Waals surface area contributed by atoms with Gasteiger partial charge in [0.05, 0.1) is 0 Å². The van der Waals surface area contributed by atoms with E-state index in [-0.39, 0.29) is 0 Å². The lowest BCUT2D eigenvalue weighted by Crippen LogP contribution is -2.28. The Bertz CT molecular complexity index is 117. The Labute approximate surface area is 74.6 Å². The third kappa shape index (κ3) is 7.95. The SMILES string of the molecule is CSCC(C)NCC=C(C)C. The van der Waals surface area contributed by atoms with Crippen LogP contribution in [0.25, 0.3) is 0 Å². The molecule has 0 bridgehead atoms. The summed E-state index contributed by atoms with van der Waals surface area (Å²) < 4.78 is 0. The first-order valence-electron chi connectivity index (χ1n) is 4.02. The third-order valence-corrected chi connectivity index (χ3v) is 2.23. The molecule has 2 heteroatoms. The molecule has 1 N–H and O–H groups in total. The van der Waals surface area contributed by atoms with Gasteiger partial charge in [0.2, 0.25) is 0 Å². The molecule has 0 aliphatic rings. The molecule has 0 amide bonds. The van der Waals surface area contributed by atoms with Gasteiger partial charge in [-0.15, -0.1) is 0 Å². The van der Waals surface area contributed by atoms with Crippen molar-refractivity contribution < 1.29 is 0 Å². The van der Waals surface area contributed by atoms with E-state index in [1.54, 1.807) is 0 Å². The van der Waals surface area contributed by atoms with Gasteiger partial charge >= 0.3 is 0 Å². The van der Waals surface area contributed by atoms with Gasteiger partial charge in [-0.25, -0.2) is 0 Å². The van der Waals surface area contributed by atoms with Gasteiger partial charge in [0, 0.05) is 18.3 Å². The zero-order valence-corrected chi connectivity index (χ0v) is 8.79. The van der Waals surface area contributed by atoms with Crippen LogP contribution in [0.4, 0.5) is 0 Å². The predicted molar refractivity (Wildman–Crippen MR) is 55.3 cm³/mol. The second kappa shape index (κ2) is 6.74. The van der Waals surface area contributed by atoms with E-state index in [0.717, 1.165) is 6.54 Å². The van der Waals surface area contributed by atoms with Crippen LogP contribution >= 0.6 is 11.8 Å². The molecule has 1 unspecified atom stereocenters. The topological polar surface area (TPSA) is 12.0 Å². The third-order valence-electron chi connectivity index (χ3n) is 1.39. The smallest absolute Gasteiger partial charge is 0.0140 e. The standard InChI is InChI=1S/C9H19NS/c1-8(2)5-6-10-9(3)7-11-4/h5,9-10H,6-7H2,1-4H3. The molecule has 0 heterocycles. The predicted octanol–water partition coefficient (Wildman–Crippen LogP) is 2.29. The molecule has 0 fully saturated rings. The van der Waals surface area contributed by atoms with Gasteiger partial charge in [0.1, 0.15) is 0 Å². The van der Waals surface area contributed by atoms with E-state index in [2.05, 4.69) is 38.4 Å². The average Bonchev–Trinajstić information content (AvgIpc) is 1.87. The highest BCUT2D eigenvalue weighted by atomic mass is 32.2. The molecule has 0 rings (SSSR count). The Morgan fingerprint density at radius 2 is 2.18 bits per heavy atom. The number of thioether (sulfide) groups is 1. The van der Waals surface area contributed by atoms with Crippen LogP contribution in [-0.2, 0) is 0 Å². The summed E-state index contributed by atoms with van der Waals surface area (Å²) in [5.74, 6) is 1.19. The highest BCUT2D eigenvalue weighted by Crippen LogP contribution is 1.95. The second-order valence-corrected chi connectivity index (χ2v) is 3.96. The van der Waals surface area contributed by atoms with Crippen molar-refractivity contribution in [1.29, 1.82) is 0 Å². The second-order valence-electron chi connectivity index (χ2n) is 3.05. The Balaban J connectivity index is 3.31. The number of hydrogen-bond donors (Lipinski definition) is 1. The lowest BCUT2D eigenvalue weighted by Gasteiger charge is -2.09. The van der Waals surface area contributed by atoms with E-state index in [1.165, 1.54) is 11.3 Å². The van der Waals surface area contributed by atoms with Crippen LogP contribution in [-0.4, -0.2) is 24.6 Å². The van der Waals surface area contributed by atoms with Gasteiger partial charge in [-0.2, -0.15) is 11.8 Å². The van der Waals surface area contributed by atoms with Crippen molar-refractivity contribution in [3.05, 3.63) is 11.6 Å². The molecule has 66 valence electrons. The fourth-order valence-corrected chi connectivity index (χ4v) is 1.39. The van der Waals surface area contributed by atoms with E-state index in [1.807, 2.05) is 11.8 Å². The van der Waals surface area contributed by atoms with Crippen molar-refractivity contribution >= 4 is 11.8 Å². The lowest BCUT2D eigenvalue weighted by molar-refractivity contribution is 0.640. The molecule has 1 atom stereocenters. The van der Waals surface area contributed by atoms with E-state index in [9.17, 15) is 0 Å². The maximum absolute atomic E-state index is 3.42. The lowest BCUT2D eigenvalue weighted by atomic mass is 10.3. The van der Waals surface area contributed by atoms with Crippen molar-refractivity contribution in [3.8, 4) is 0 Å². The summed E-state index contributed by atoms with van der Waals surface area (Å²) >= 11 is 1.89. The van der Waals surface area contributed by atoms with Gasteiger partial charge < -0.3 is 5.32 Å². The van der Waals surface area contributed by atoms with Crippen molar-refractivity contribution in [2.75, 3.05) is 18.6 Å². The number of rotatable bonds is 5. The largest absolute Gasteiger partial charge is 0.310 e. The molecule has 0 saturated heterocycles. The van der Waals surface area contributed by atoms with Crippen molar-refractivity contribution in [2.45, 2.75) is 26.8 Å². The van der Waals surface area contributed by atoms with Gasteiger partial charge in [0.25, 0.3) is 0 Å². The molecular weight excluding hydrogens is 154 g/mol. The fraction of sp³-hybridized carbons (Fsp3) is 0.778. The normalized spacial score (nSPS) is 12.7. The van der Waals surface area contributed by atoms with Gasteiger partial charge in [0.15, 0.2) is 0 Å². The quantitative estimate of drug-likeness (QED) is 0.640. The zero-order valence-electron chi connectivity index (χ0n) is 7.98. The molecule has 0 spiro atoms. The Morgan fingerprint density at radius 1 is 1.55 bits per heavy atom. The van der Waals surface area contributed by atoms with E-state index in [0.29, 0.717) is 6.04 Å². The van der Waals surface area contributed by atoms with Crippen LogP contribution in [0.2, 0.25) is 0 Å². The van der Waals surface area contributed by atoms with Crippen LogP contribution in [0.5, 0.6) is 0 Å². The van der Waals surface area contributed by atoms with Crippen LogP contribution < -0.4 is 5.32 Å². The summed E-state index contributed by atoms with van der Waals surface area (Å²) in [6.07, 6.45) is 4.36. The monoisotopic (exact) mass is 173 g/mol. The summed E-state index contributed by atoms with van der Waals surface area (Å²) in [5.41, 5.74) is 1.38. The molecule has 0 saturated carbocycles. The first-order valence-corrected chi connectivity index (χ1v) is 5.42. The van der Waals surface area contributed by atoms with Gasteiger partial charge in [-0.1, -0.05) is 11.6 Å². The van der Waals surface area contributed by atoms with E-state index >= 15 is 0 Å².